The van der Waals surface area contributed by atoms with Crippen molar-refractivity contribution in [2.75, 3.05) is 40.6 Å². The minimum atomic E-state index is 0.254. The molecule has 0 atom stereocenters. The highest BCUT2D eigenvalue weighted by molar-refractivity contribution is 6.17. The van der Waals surface area contributed by atoms with Crippen molar-refractivity contribution in [3.05, 3.63) is 82.9 Å². The number of likely N-dealkylation sites (tertiary alicyclic amines) is 1. The largest absolute Gasteiger partial charge is 0.497 e. The normalized spacial score (nSPS) is 15.2. The molecule has 0 spiro atoms. The quantitative estimate of drug-likeness (QED) is 0.295. The molecular formula is C31H36N4O4. The van der Waals surface area contributed by atoms with E-state index in [0.717, 1.165) is 61.8 Å². The molecule has 2 aliphatic rings. The maximum atomic E-state index is 9.27. The van der Waals surface area contributed by atoms with Crippen LogP contribution in [-0.4, -0.2) is 68.0 Å². The van der Waals surface area contributed by atoms with E-state index in [0.29, 0.717) is 28.4 Å². The Hall–Kier alpha value is -4.04. The third kappa shape index (κ3) is 5.71. The van der Waals surface area contributed by atoms with Gasteiger partial charge in [-0.15, -0.1) is 0 Å². The molecule has 2 heterocycles. The zero-order chi connectivity index (χ0) is 27.4. The first-order chi connectivity index (χ1) is 19.0. The van der Waals surface area contributed by atoms with E-state index in [1.54, 1.807) is 14.2 Å². The molecule has 0 unspecified atom stereocenters. The smallest absolute Gasteiger partial charge is 0.231 e. The maximum Gasteiger partial charge on any atom is 0.231 e. The molecular weight excluding hydrogens is 492 g/mol. The Morgan fingerprint density at radius 2 is 1.56 bits per heavy atom. The summed E-state index contributed by atoms with van der Waals surface area (Å²) in [5.41, 5.74) is 3.78. The van der Waals surface area contributed by atoms with Crippen LogP contribution in [0.3, 0.4) is 0 Å². The van der Waals surface area contributed by atoms with E-state index in [1.165, 1.54) is 5.56 Å². The van der Waals surface area contributed by atoms with Crippen LogP contribution in [0.5, 0.6) is 23.0 Å². The van der Waals surface area contributed by atoms with E-state index < -0.39 is 0 Å². The minimum absolute atomic E-state index is 0.254. The zero-order valence-corrected chi connectivity index (χ0v) is 22.8. The van der Waals surface area contributed by atoms with E-state index in [4.69, 9.17) is 24.4 Å². The summed E-state index contributed by atoms with van der Waals surface area (Å²) >= 11 is 0. The summed E-state index contributed by atoms with van der Waals surface area (Å²) in [7, 11) is 3.26. The first-order valence-corrected chi connectivity index (χ1v) is 13.4. The maximum absolute atomic E-state index is 9.27. The zero-order valence-electron chi connectivity index (χ0n) is 22.8. The number of nitrogens with zero attached hydrogens (tertiary/aromatic N) is 2. The van der Waals surface area contributed by atoms with E-state index >= 15 is 0 Å². The average Bonchev–Trinajstić information content (AvgIpc) is 3.46. The van der Waals surface area contributed by atoms with Crippen molar-refractivity contribution in [1.29, 1.82) is 10.8 Å². The number of fused-ring (bicyclic) bond motifs is 1. The average molecular weight is 529 g/mol. The standard InChI is InChI=1S/C31H36N4O4/c1-4-35(23-13-15-34(16-14-23)19-21-5-12-28-29(17-21)39-20-38-28)31(33)27-18-25(37-3)10-11-26(27)30(32)22-6-8-24(36-2)9-7-22/h5-12,17-18,23,32-33H,4,13-16,19-20H2,1-3H3. The second-order valence-corrected chi connectivity index (χ2v) is 9.84. The fraction of sp³-hybridized carbons (Fsp3) is 0.355. The highest BCUT2D eigenvalue weighted by Gasteiger charge is 2.28. The third-order valence-corrected chi connectivity index (χ3v) is 7.60. The van der Waals surface area contributed by atoms with Gasteiger partial charge in [0.05, 0.1) is 19.9 Å². The van der Waals surface area contributed by atoms with Crippen LogP contribution in [0.1, 0.15) is 42.0 Å². The Morgan fingerprint density at radius 1 is 0.872 bits per heavy atom. The number of methoxy groups -OCH3 is 2. The van der Waals surface area contributed by atoms with Gasteiger partial charge in [-0.1, -0.05) is 6.07 Å². The molecule has 8 heteroatoms. The van der Waals surface area contributed by atoms with Crippen molar-refractivity contribution >= 4 is 11.5 Å². The SMILES string of the molecule is CCN(C(=N)c1cc(OC)ccc1C(=N)c1ccc(OC)cc1)C1CCN(Cc2ccc3c(c2)OCO3)CC1. The number of rotatable bonds is 9. The molecule has 0 bridgehead atoms. The molecule has 0 aromatic heterocycles. The molecule has 3 aromatic carbocycles. The number of ether oxygens (including phenoxy) is 4. The van der Waals surface area contributed by atoms with Crippen LogP contribution in [0.2, 0.25) is 0 Å². The molecule has 0 aliphatic carbocycles. The van der Waals surface area contributed by atoms with E-state index in [1.807, 2.05) is 48.5 Å². The molecule has 5 rings (SSSR count). The molecule has 3 aromatic rings. The summed E-state index contributed by atoms with van der Waals surface area (Å²) in [6.07, 6.45) is 1.94. The highest BCUT2D eigenvalue weighted by atomic mass is 16.7. The lowest BCUT2D eigenvalue weighted by molar-refractivity contribution is 0.150. The Bertz CT molecular complexity index is 1330. The predicted molar refractivity (Wildman–Crippen MR) is 152 cm³/mol. The van der Waals surface area contributed by atoms with Crippen LogP contribution >= 0.6 is 0 Å². The molecule has 0 amide bonds. The van der Waals surface area contributed by atoms with Gasteiger partial charge in [-0.25, -0.2) is 0 Å². The van der Waals surface area contributed by atoms with Crippen LogP contribution in [-0.2, 0) is 6.54 Å². The Labute approximate surface area is 230 Å². The molecule has 1 fully saturated rings. The van der Waals surface area contributed by atoms with E-state index in [2.05, 4.69) is 28.9 Å². The summed E-state index contributed by atoms with van der Waals surface area (Å²) in [6.45, 7) is 5.88. The summed E-state index contributed by atoms with van der Waals surface area (Å²) in [4.78, 5) is 4.64. The van der Waals surface area contributed by atoms with Crippen molar-refractivity contribution in [3.63, 3.8) is 0 Å². The second kappa shape index (κ2) is 11.8. The summed E-state index contributed by atoms with van der Waals surface area (Å²) in [5, 5.41) is 18.2. The van der Waals surface area contributed by atoms with Gasteiger partial charge in [0.1, 0.15) is 17.3 Å². The van der Waals surface area contributed by atoms with Gasteiger partial charge in [0.15, 0.2) is 11.5 Å². The molecule has 204 valence electrons. The topological polar surface area (TPSA) is 91.1 Å². The molecule has 2 aliphatic heterocycles. The summed E-state index contributed by atoms with van der Waals surface area (Å²) < 4.78 is 21.8. The van der Waals surface area contributed by atoms with Crippen molar-refractivity contribution in [2.24, 2.45) is 0 Å². The molecule has 2 N–H and O–H groups in total. The number of piperidine rings is 1. The number of amidine groups is 1. The Morgan fingerprint density at radius 3 is 2.26 bits per heavy atom. The summed E-state index contributed by atoms with van der Waals surface area (Å²) in [5.74, 6) is 3.49. The van der Waals surface area contributed by atoms with Crippen molar-refractivity contribution in [3.8, 4) is 23.0 Å². The van der Waals surface area contributed by atoms with Crippen molar-refractivity contribution in [2.45, 2.75) is 32.4 Å². The van der Waals surface area contributed by atoms with Crippen LogP contribution in [0.4, 0.5) is 0 Å². The van der Waals surface area contributed by atoms with Gasteiger partial charge >= 0.3 is 0 Å². The highest BCUT2D eigenvalue weighted by Crippen LogP contribution is 2.33. The van der Waals surface area contributed by atoms with Gasteiger partial charge in [-0.05, 0) is 79.9 Å². The Kier molecular flexibility index (Phi) is 8.02. The second-order valence-electron chi connectivity index (χ2n) is 9.84. The lowest BCUT2D eigenvalue weighted by atomic mass is 9.94. The van der Waals surface area contributed by atoms with Crippen LogP contribution in [0.15, 0.2) is 60.7 Å². The molecule has 0 saturated carbocycles. The molecule has 1 saturated heterocycles. The predicted octanol–water partition coefficient (Wildman–Crippen LogP) is 5.16. The van der Waals surface area contributed by atoms with E-state index in [-0.39, 0.29) is 12.8 Å². The number of hydrogen-bond donors (Lipinski definition) is 2. The number of nitrogens with one attached hydrogen (secondary N) is 2. The first kappa shape index (κ1) is 26.6. The lowest BCUT2D eigenvalue weighted by Crippen LogP contribution is -2.47. The number of hydrogen-bond acceptors (Lipinski definition) is 7. The van der Waals surface area contributed by atoms with Gasteiger partial charge in [0, 0.05) is 48.9 Å². The lowest BCUT2D eigenvalue weighted by Gasteiger charge is -2.39. The first-order valence-electron chi connectivity index (χ1n) is 13.4. The molecule has 8 nitrogen and oxygen atoms in total. The van der Waals surface area contributed by atoms with Crippen LogP contribution in [0, 0.1) is 10.8 Å². The third-order valence-electron chi connectivity index (χ3n) is 7.60. The van der Waals surface area contributed by atoms with Crippen molar-refractivity contribution < 1.29 is 18.9 Å². The fourth-order valence-electron chi connectivity index (χ4n) is 5.42. The van der Waals surface area contributed by atoms with Crippen molar-refractivity contribution in [1.82, 2.24) is 9.80 Å². The molecule has 39 heavy (non-hydrogen) atoms. The van der Waals surface area contributed by atoms with Crippen LogP contribution < -0.4 is 18.9 Å². The van der Waals surface area contributed by atoms with E-state index in [9.17, 15) is 5.41 Å². The van der Waals surface area contributed by atoms with Crippen LogP contribution in [0.25, 0.3) is 0 Å². The van der Waals surface area contributed by atoms with Gasteiger partial charge < -0.3 is 23.8 Å². The Balaban J connectivity index is 1.30. The minimum Gasteiger partial charge on any atom is -0.497 e. The van der Waals surface area contributed by atoms with Gasteiger partial charge in [0.25, 0.3) is 0 Å². The van der Waals surface area contributed by atoms with Gasteiger partial charge in [0.2, 0.25) is 6.79 Å². The number of benzene rings is 3. The fourth-order valence-corrected chi connectivity index (χ4v) is 5.42. The monoisotopic (exact) mass is 528 g/mol. The summed E-state index contributed by atoms with van der Waals surface area (Å²) in [6, 6.07) is 19.5. The van der Waals surface area contributed by atoms with Gasteiger partial charge in [-0.2, -0.15) is 0 Å². The molecule has 0 radical (unpaired) electrons. The van der Waals surface area contributed by atoms with Gasteiger partial charge in [-0.3, -0.25) is 15.7 Å².